The van der Waals surface area contributed by atoms with Gasteiger partial charge in [-0.15, -0.1) is 0 Å². The van der Waals surface area contributed by atoms with Crippen molar-refractivity contribution in [1.29, 1.82) is 0 Å². The van der Waals surface area contributed by atoms with Crippen LogP contribution in [0.25, 0.3) is 0 Å². The molecular formula is C48H78O7. The van der Waals surface area contributed by atoms with E-state index in [1.165, 1.54) is 32.1 Å². The number of hydrogen-bond acceptors (Lipinski definition) is 6. The monoisotopic (exact) mass is 767 g/mol. The first-order valence-electron chi connectivity index (χ1n) is 23.4. The van der Waals surface area contributed by atoms with Gasteiger partial charge in [0, 0.05) is 12.8 Å². The van der Waals surface area contributed by atoms with Crippen molar-refractivity contribution in [2.75, 3.05) is 0 Å². The van der Waals surface area contributed by atoms with E-state index in [1.54, 1.807) is 0 Å². The quantitative estimate of drug-likeness (QED) is 0.173. The van der Waals surface area contributed by atoms with Gasteiger partial charge >= 0.3 is 11.9 Å². The molecule has 312 valence electrons. The molecule has 8 saturated carbocycles. The molecule has 0 aliphatic heterocycles. The van der Waals surface area contributed by atoms with E-state index >= 15 is 0 Å². The normalized spacial score (nSPS) is 52.7. The number of carbonyl (C=O) groups is 2. The molecule has 8 fully saturated rings. The van der Waals surface area contributed by atoms with Gasteiger partial charge < -0.3 is 25.2 Å². The minimum Gasteiger partial charge on any atom is -0.481 e. The number of carboxylic acids is 1. The summed E-state index contributed by atoms with van der Waals surface area (Å²) in [7, 11) is 0. The molecule has 0 aromatic heterocycles. The van der Waals surface area contributed by atoms with Crippen LogP contribution in [-0.4, -0.2) is 56.8 Å². The Hall–Kier alpha value is -1.18. The first-order chi connectivity index (χ1) is 26.0. The second-order valence-corrected chi connectivity index (χ2v) is 22.8. The van der Waals surface area contributed by atoms with E-state index in [2.05, 4.69) is 41.5 Å². The lowest BCUT2D eigenvalue weighted by Gasteiger charge is -2.62. The molecule has 20 atom stereocenters. The molecular weight excluding hydrogens is 689 g/mol. The Bertz CT molecular complexity index is 1430. The van der Waals surface area contributed by atoms with Crippen molar-refractivity contribution in [3.8, 4) is 0 Å². The zero-order valence-electron chi connectivity index (χ0n) is 35.4. The summed E-state index contributed by atoms with van der Waals surface area (Å²) < 4.78 is 6.31. The summed E-state index contributed by atoms with van der Waals surface area (Å²) >= 11 is 0. The summed E-state index contributed by atoms with van der Waals surface area (Å²) in [6, 6.07) is 0. The molecule has 55 heavy (non-hydrogen) atoms. The minimum atomic E-state index is -0.696. The maximum Gasteiger partial charge on any atom is 0.306 e. The van der Waals surface area contributed by atoms with E-state index in [9.17, 15) is 30.0 Å². The predicted molar refractivity (Wildman–Crippen MR) is 214 cm³/mol. The van der Waals surface area contributed by atoms with Crippen LogP contribution >= 0.6 is 0 Å². The highest BCUT2D eigenvalue weighted by atomic mass is 16.5. The fraction of sp³-hybridized carbons (Fsp3) is 0.958. The van der Waals surface area contributed by atoms with Gasteiger partial charge in [0.2, 0.25) is 0 Å². The molecule has 0 amide bonds. The zero-order valence-corrected chi connectivity index (χ0v) is 35.4. The van der Waals surface area contributed by atoms with Crippen molar-refractivity contribution in [3.05, 3.63) is 0 Å². The first-order valence-corrected chi connectivity index (χ1v) is 23.4. The van der Waals surface area contributed by atoms with Gasteiger partial charge in [0.05, 0.1) is 18.3 Å². The summed E-state index contributed by atoms with van der Waals surface area (Å²) in [6.07, 6.45) is 18.4. The van der Waals surface area contributed by atoms with Crippen LogP contribution in [0.5, 0.6) is 0 Å². The van der Waals surface area contributed by atoms with Gasteiger partial charge in [-0.25, -0.2) is 0 Å². The van der Waals surface area contributed by atoms with Gasteiger partial charge in [0.15, 0.2) is 0 Å². The summed E-state index contributed by atoms with van der Waals surface area (Å²) in [5, 5.41) is 43.3. The summed E-state index contributed by atoms with van der Waals surface area (Å²) in [4.78, 5) is 24.9. The molecule has 0 aromatic carbocycles. The van der Waals surface area contributed by atoms with Gasteiger partial charge in [-0.2, -0.15) is 0 Å². The zero-order chi connectivity index (χ0) is 39.2. The van der Waals surface area contributed by atoms with Crippen LogP contribution in [0.2, 0.25) is 0 Å². The number of carbonyl (C=O) groups excluding carboxylic acids is 1. The lowest BCUT2D eigenvalue weighted by atomic mass is 9.43. The highest BCUT2D eigenvalue weighted by molar-refractivity contribution is 5.69. The fourth-order valence-electron chi connectivity index (χ4n) is 17.8. The molecule has 4 N–H and O–H groups in total. The smallest absolute Gasteiger partial charge is 0.306 e. The Labute approximate surface area is 332 Å². The van der Waals surface area contributed by atoms with Crippen molar-refractivity contribution in [2.24, 2.45) is 92.7 Å². The third-order valence-corrected chi connectivity index (χ3v) is 20.7. The van der Waals surface area contributed by atoms with Gasteiger partial charge in [-0.3, -0.25) is 9.59 Å². The SMILES string of the molecule is CC(CCC(=O)OC1CCC2(C)C(C1)CC(O)C1C2CCC2(C)C(C(C)CCC(=O)O)CCC12)C1CCC2C3C(O)CC4CC(O)CCC4(C)C3CCC12C. The second kappa shape index (κ2) is 14.8. The molecule has 0 spiro atoms. The van der Waals surface area contributed by atoms with Gasteiger partial charge in [-0.1, -0.05) is 41.5 Å². The molecule has 7 nitrogen and oxygen atoms in total. The molecule has 0 radical (unpaired) electrons. The maximum atomic E-state index is 13.5. The number of rotatable bonds is 9. The molecule has 7 heteroatoms. The molecule has 8 rings (SSSR count). The summed E-state index contributed by atoms with van der Waals surface area (Å²) in [5.74, 6) is 4.85. The standard InChI is InChI=1S/C48H78O7/c1-27(7-13-41(52)53)33-9-11-36-44-38(18-22-47(33,36)5)46(4)20-16-32(24-30(46)26-40(44)51)55-42(54)14-8-28(2)34-10-12-35-43-37(17-21-48(34,35)6)45(3)19-15-31(49)23-29(45)25-39(43)50/h27-40,43-44,49-51H,7-26H2,1-6H3,(H,52,53). The summed E-state index contributed by atoms with van der Waals surface area (Å²) in [5.41, 5.74) is 0.812. The fourth-order valence-corrected chi connectivity index (χ4v) is 17.8. The third kappa shape index (κ3) is 6.69. The minimum absolute atomic E-state index is 0.0401. The lowest BCUT2D eigenvalue weighted by Crippen LogP contribution is -2.58. The van der Waals surface area contributed by atoms with Crippen LogP contribution in [0.15, 0.2) is 0 Å². The number of carboxylic acid groups (broad SMARTS) is 1. The highest BCUT2D eigenvalue weighted by Crippen LogP contribution is 2.70. The Morgan fingerprint density at radius 2 is 1.04 bits per heavy atom. The van der Waals surface area contributed by atoms with E-state index in [4.69, 9.17) is 4.74 Å². The first kappa shape index (κ1) is 40.6. The predicted octanol–water partition coefficient (Wildman–Crippen LogP) is 9.44. The highest BCUT2D eigenvalue weighted by Gasteiger charge is 2.65. The van der Waals surface area contributed by atoms with Crippen LogP contribution in [-0.2, 0) is 14.3 Å². The summed E-state index contributed by atoms with van der Waals surface area (Å²) in [6.45, 7) is 14.6. The van der Waals surface area contributed by atoms with Crippen molar-refractivity contribution in [3.63, 3.8) is 0 Å². The largest absolute Gasteiger partial charge is 0.481 e. The molecule has 0 aromatic rings. The van der Waals surface area contributed by atoms with E-state index in [0.717, 1.165) is 83.5 Å². The Balaban J connectivity index is 0.845. The van der Waals surface area contributed by atoms with Crippen molar-refractivity contribution in [1.82, 2.24) is 0 Å². The number of aliphatic hydroxyl groups is 3. The number of hydrogen-bond donors (Lipinski definition) is 4. The topological polar surface area (TPSA) is 124 Å². The lowest BCUT2D eigenvalue weighted by molar-refractivity contribution is -0.183. The molecule has 20 unspecified atom stereocenters. The average molecular weight is 767 g/mol. The van der Waals surface area contributed by atoms with Crippen molar-refractivity contribution < 1.29 is 34.8 Å². The number of aliphatic hydroxyl groups excluding tert-OH is 3. The molecule has 0 bridgehead atoms. The molecule has 0 heterocycles. The van der Waals surface area contributed by atoms with Crippen LogP contribution < -0.4 is 0 Å². The van der Waals surface area contributed by atoms with Crippen LogP contribution in [0.4, 0.5) is 0 Å². The van der Waals surface area contributed by atoms with Gasteiger partial charge in [0.25, 0.3) is 0 Å². The van der Waals surface area contributed by atoms with E-state index < -0.39 is 5.97 Å². The van der Waals surface area contributed by atoms with Crippen molar-refractivity contribution in [2.45, 2.75) is 194 Å². The van der Waals surface area contributed by atoms with Gasteiger partial charge in [-0.05, 0) is 208 Å². The Kier molecular flexibility index (Phi) is 10.9. The van der Waals surface area contributed by atoms with Crippen LogP contribution in [0.1, 0.15) is 170 Å². The second-order valence-electron chi connectivity index (χ2n) is 22.8. The Morgan fingerprint density at radius 3 is 1.56 bits per heavy atom. The Morgan fingerprint density at radius 1 is 0.582 bits per heavy atom. The molecule has 8 aliphatic rings. The molecule has 0 saturated heterocycles. The molecule has 8 aliphatic carbocycles. The maximum absolute atomic E-state index is 13.5. The van der Waals surface area contributed by atoms with E-state index in [0.29, 0.717) is 77.4 Å². The van der Waals surface area contributed by atoms with Gasteiger partial charge in [0.1, 0.15) is 6.10 Å². The number of aliphatic carboxylic acids is 1. The number of ether oxygens (including phenoxy) is 1. The van der Waals surface area contributed by atoms with E-state index in [1.807, 2.05) is 0 Å². The number of esters is 1. The third-order valence-electron chi connectivity index (χ3n) is 20.7. The van der Waals surface area contributed by atoms with Crippen LogP contribution in [0, 0.1) is 92.7 Å². The van der Waals surface area contributed by atoms with Crippen molar-refractivity contribution >= 4 is 11.9 Å². The van der Waals surface area contributed by atoms with Crippen LogP contribution in [0.3, 0.4) is 0 Å². The average Bonchev–Trinajstić information content (AvgIpc) is 3.67. The number of fused-ring (bicyclic) bond motifs is 10. The van der Waals surface area contributed by atoms with E-state index in [-0.39, 0.29) is 58.5 Å².